The van der Waals surface area contributed by atoms with E-state index in [0.717, 1.165) is 23.1 Å². The molecule has 3 N–H and O–H groups in total. The highest BCUT2D eigenvalue weighted by Crippen LogP contribution is 2.39. The fourth-order valence-electron chi connectivity index (χ4n) is 4.01. The molecule has 1 atom stereocenters. The van der Waals surface area contributed by atoms with Crippen LogP contribution < -0.4 is 5.32 Å². The van der Waals surface area contributed by atoms with Crippen molar-refractivity contribution in [2.45, 2.75) is 64.2 Å². The minimum atomic E-state index is -0.0989. The molecule has 0 aromatic heterocycles. The Bertz CT molecular complexity index is 910. The van der Waals surface area contributed by atoms with Crippen LogP contribution in [-0.4, -0.2) is 20.9 Å². The van der Waals surface area contributed by atoms with Gasteiger partial charge in [0, 0.05) is 28.8 Å². The Labute approximate surface area is 184 Å². The van der Waals surface area contributed by atoms with E-state index in [2.05, 4.69) is 55.4 Å². The molecule has 0 fully saturated rings. The summed E-state index contributed by atoms with van der Waals surface area (Å²) in [5.41, 5.74) is 4.07. The first-order valence-electron chi connectivity index (χ1n) is 10.4. The lowest BCUT2D eigenvalue weighted by Gasteiger charge is -2.33. The molecule has 2 aromatic carbocycles. The van der Waals surface area contributed by atoms with Crippen molar-refractivity contribution in [2.75, 3.05) is 0 Å². The van der Waals surface area contributed by atoms with Crippen LogP contribution >= 0.6 is 9.24 Å². The zero-order chi connectivity index (χ0) is 22.5. The number of hydrogen-bond acceptors (Lipinski definition) is 3. The van der Waals surface area contributed by atoms with Gasteiger partial charge in [-0.2, -0.15) is 0 Å². The number of aromatic hydroxyl groups is 2. The van der Waals surface area contributed by atoms with Crippen molar-refractivity contribution in [1.29, 1.82) is 0 Å². The summed E-state index contributed by atoms with van der Waals surface area (Å²) >= 11 is 0. The van der Waals surface area contributed by atoms with Gasteiger partial charge in [0.1, 0.15) is 11.5 Å². The van der Waals surface area contributed by atoms with Crippen LogP contribution in [0.5, 0.6) is 11.5 Å². The number of phenols is 2. The lowest BCUT2D eigenvalue weighted by atomic mass is 9.91. The molecule has 4 heteroatoms. The van der Waals surface area contributed by atoms with E-state index in [-0.39, 0.29) is 22.2 Å². The maximum Gasteiger partial charge on any atom is 0.128 e. The summed E-state index contributed by atoms with van der Waals surface area (Å²) in [4.78, 5) is 0. The van der Waals surface area contributed by atoms with Crippen LogP contribution in [0.25, 0.3) is 11.1 Å². The van der Waals surface area contributed by atoms with Gasteiger partial charge in [0.15, 0.2) is 0 Å². The van der Waals surface area contributed by atoms with Crippen molar-refractivity contribution in [3.05, 3.63) is 72.3 Å². The zero-order valence-corrected chi connectivity index (χ0v) is 19.9. The normalized spacial score (nSPS) is 12.0. The van der Waals surface area contributed by atoms with Gasteiger partial charge in [0.05, 0.1) is 0 Å². The molecule has 2 rings (SSSR count). The van der Waals surface area contributed by atoms with Gasteiger partial charge < -0.3 is 15.5 Å². The van der Waals surface area contributed by atoms with Gasteiger partial charge in [-0.1, -0.05) is 38.1 Å². The van der Waals surface area contributed by atoms with Crippen LogP contribution in [0, 0.1) is 0 Å². The predicted octanol–water partition coefficient (Wildman–Crippen LogP) is 6.13. The summed E-state index contributed by atoms with van der Waals surface area (Å²) in [5.74, 6) is 0.347. The Kier molecular flexibility index (Phi) is 7.91. The summed E-state index contributed by atoms with van der Waals surface area (Å²) in [6.07, 6.45) is 6.04. The van der Waals surface area contributed by atoms with E-state index < -0.39 is 0 Å². The van der Waals surface area contributed by atoms with Gasteiger partial charge in [-0.05, 0) is 67.6 Å². The minimum absolute atomic E-state index is 0.0989. The Hall–Kier alpha value is -2.09. The van der Waals surface area contributed by atoms with E-state index in [1.54, 1.807) is 6.07 Å². The first-order chi connectivity index (χ1) is 14.0. The first-order valence-corrected chi connectivity index (χ1v) is 11.0. The topological polar surface area (TPSA) is 52.5 Å². The number of rotatable bonds is 10. The molecule has 0 aliphatic heterocycles. The van der Waals surface area contributed by atoms with Crippen molar-refractivity contribution in [2.24, 2.45) is 0 Å². The van der Waals surface area contributed by atoms with Crippen LogP contribution in [0.1, 0.15) is 50.8 Å². The summed E-state index contributed by atoms with van der Waals surface area (Å²) in [7, 11) is 2.89. The third-order valence-electron chi connectivity index (χ3n) is 5.01. The average molecular weight is 426 g/mol. The fourth-order valence-corrected chi connectivity index (χ4v) is 4.52. The molecule has 0 heterocycles. The highest BCUT2D eigenvalue weighted by atomic mass is 31.0. The van der Waals surface area contributed by atoms with Crippen LogP contribution in [-0.2, 0) is 19.4 Å². The SMILES string of the molecule is C=CCc1ccc(O)c(-c2cc(CC=C)cc(CNC(C)(C)CC(C)(C)P)c2O)c1. The third-order valence-corrected chi connectivity index (χ3v) is 5.22. The second-order valence-electron chi connectivity index (χ2n) is 9.39. The third kappa shape index (κ3) is 6.72. The molecule has 162 valence electrons. The molecule has 3 nitrogen and oxygen atoms in total. The van der Waals surface area contributed by atoms with Crippen LogP contribution in [0.4, 0.5) is 0 Å². The molecule has 0 bridgehead atoms. The molecular weight excluding hydrogens is 389 g/mol. The molecule has 0 saturated heterocycles. The maximum absolute atomic E-state index is 11.1. The van der Waals surface area contributed by atoms with Gasteiger partial charge in [-0.25, -0.2) is 0 Å². The molecule has 0 radical (unpaired) electrons. The van der Waals surface area contributed by atoms with E-state index in [1.807, 2.05) is 36.4 Å². The molecule has 0 amide bonds. The Morgan fingerprint density at radius 1 is 0.933 bits per heavy atom. The van der Waals surface area contributed by atoms with E-state index in [1.165, 1.54) is 0 Å². The van der Waals surface area contributed by atoms with Gasteiger partial charge in [-0.3, -0.25) is 0 Å². The van der Waals surface area contributed by atoms with Crippen LogP contribution in [0.15, 0.2) is 55.6 Å². The van der Waals surface area contributed by atoms with Crippen molar-refractivity contribution >= 4 is 9.24 Å². The second kappa shape index (κ2) is 9.81. The number of hydrogen-bond donors (Lipinski definition) is 3. The molecule has 30 heavy (non-hydrogen) atoms. The van der Waals surface area contributed by atoms with Crippen molar-refractivity contribution in [1.82, 2.24) is 5.32 Å². The van der Waals surface area contributed by atoms with Crippen molar-refractivity contribution < 1.29 is 10.2 Å². The van der Waals surface area contributed by atoms with Crippen LogP contribution in [0.2, 0.25) is 0 Å². The van der Waals surface area contributed by atoms with E-state index in [9.17, 15) is 10.2 Å². The standard InChI is InChI=1S/C26H36NO2P/c1-7-9-18-11-12-23(28)21(14-18)22-15-19(10-8-2)13-20(24(22)29)16-27-25(3,4)17-26(5,6)30/h7-8,11-15,27-29H,1-2,9-10,16-17,30H2,3-6H3. The quantitative estimate of drug-likeness (QED) is 0.317. The molecule has 2 aromatic rings. The number of nitrogens with one attached hydrogen (secondary N) is 1. The zero-order valence-electron chi connectivity index (χ0n) is 18.8. The number of benzene rings is 2. The minimum Gasteiger partial charge on any atom is -0.507 e. The summed E-state index contributed by atoms with van der Waals surface area (Å²) in [6, 6.07) is 9.42. The van der Waals surface area contributed by atoms with Gasteiger partial charge in [-0.15, -0.1) is 22.4 Å². The van der Waals surface area contributed by atoms with E-state index >= 15 is 0 Å². The fraction of sp³-hybridized carbons (Fsp3) is 0.385. The molecular formula is C26H36NO2P. The van der Waals surface area contributed by atoms with Gasteiger partial charge >= 0.3 is 0 Å². The van der Waals surface area contributed by atoms with Crippen LogP contribution in [0.3, 0.4) is 0 Å². The number of allylic oxidation sites excluding steroid dienone is 2. The second-order valence-corrected chi connectivity index (χ2v) is 11.0. The Morgan fingerprint density at radius 3 is 2.13 bits per heavy atom. The highest BCUT2D eigenvalue weighted by molar-refractivity contribution is 7.18. The summed E-state index contributed by atoms with van der Waals surface area (Å²) in [6.45, 7) is 16.9. The molecule has 1 unspecified atom stereocenters. The molecule has 0 saturated carbocycles. The smallest absolute Gasteiger partial charge is 0.128 e. The Balaban J connectivity index is 2.46. The molecule has 0 aliphatic carbocycles. The summed E-state index contributed by atoms with van der Waals surface area (Å²) in [5, 5.41) is 25.3. The Morgan fingerprint density at radius 2 is 1.53 bits per heavy atom. The maximum atomic E-state index is 11.1. The summed E-state index contributed by atoms with van der Waals surface area (Å²) < 4.78 is 0. The lowest BCUT2D eigenvalue weighted by molar-refractivity contribution is 0.328. The van der Waals surface area contributed by atoms with Gasteiger partial charge in [0.25, 0.3) is 0 Å². The van der Waals surface area contributed by atoms with E-state index in [4.69, 9.17) is 0 Å². The van der Waals surface area contributed by atoms with Crippen molar-refractivity contribution in [3.63, 3.8) is 0 Å². The molecule has 0 spiro atoms. The molecule has 0 aliphatic rings. The van der Waals surface area contributed by atoms with Gasteiger partial charge in [0.2, 0.25) is 0 Å². The predicted molar refractivity (Wildman–Crippen MR) is 132 cm³/mol. The highest BCUT2D eigenvalue weighted by Gasteiger charge is 2.25. The largest absolute Gasteiger partial charge is 0.507 e. The first kappa shape index (κ1) is 24.2. The van der Waals surface area contributed by atoms with E-state index in [0.29, 0.717) is 30.5 Å². The number of phenolic OH excluding ortho intramolecular Hbond substituents is 2. The lowest BCUT2D eigenvalue weighted by Crippen LogP contribution is -2.42. The van der Waals surface area contributed by atoms with Crippen molar-refractivity contribution in [3.8, 4) is 22.6 Å². The average Bonchev–Trinajstić information content (AvgIpc) is 2.62. The monoisotopic (exact) mass is 425 g/mol.